The molecule has 2 aromatic rings. The van der Waals surface area contributed by atoms with Gasteiger partial charge in [-0.05, 0) is 116 Å². The van der Waals surface area contributed by atoms with Crippen molar-refractivity contribution in [1.29, 1.82) is 0 Å². The zero-order chi connectivity index (χ0) is 41.8. The van der Waals surface area contributed by atoms with Gasteiger partial charge in [0.05, 0.1) is 18.5 Å². The maximum Gasteiger partial charge on any atom is 0.408 e. The molecule has 0 saturated carbocycles. The highest BCUT2D eigenvalue weighted by Crippen LogP contribution is 2.33. The number of nitrogens with zero attached hydrogens (tertiary/aromatic N) is 2. The molecular weight excluding hydrogens is 752 g/mol. The molecule has 8 atom stereocenters. The zero-order valence-electron chi connectivity index (χ0n) is 34.4. The van der Waals surface area contributed by atoms with Crippen LogP contribution in [-0.2, 0) is 23.9 Å². The van der Waals surface area contributed by atoms with Gasteiger partial charge in [-0.1, -0.05) is 12.8 Å². The van der Waals surface area contributed by atoms with E-state index in [1.54, 1.807) is 70.7 Å². The number of halogens is 2. The van der Waals surface area contributed by atoms with Crippen LogP contribution in [0, 0.1) is 17.6 Å². The predicted octanol–water partition coefficient (Wildman–Crippen LogP) is 5.11. The fourth-order valence-electron chi connectivity index (χ4n) is 8.66. The summed E-state index contributed by atoms with van der Waals surface area (Å²) in [6.45, 7) is 12.6. The third-order valence-electron chi connectivity index (χ3n) is 11.1. The fourth-order valence-corrected chi connectivity index (χ4v) is 8.66. The number of esters is 1. The molecule has 0 aromatic heterocycles. The summed E-state index contributed by atoms with van der Waals surface area (Å²) in [5.41, 5.74) is -1.53. The summed E-state index contributed by atoms with van der Waals surface area (Å²) >= 11 is 0. The van der Waals surface area contributed by atoms with Crippen molar-refractivity contribution in [2.45, 2.75) is 140 Å². The Morgan fingerprint density at radius 3 is 1.66 bits per heavy atom. The summed E-state index contributed by atoms with van der Waals surface area (Å²) in [6, 6.07) is 10.1. The van der Waals surface area contributed by atoms with Gasteiger partial charge in [-0.25, -0.2) is 13.6 Å². The van der Waals surface area contributed by atoms with E-state index in [9.17, 15) is 28.0 Å². The van der Waals surface area contributed by atoms with Crippen LogP contribution in [0.4, 0.5) is 13.6 Å². The van der Waals surface area contributed by atoms with Crippen molar-refractivity contribution in [3.63, 3.8) is 0 Å². The molecule has 15 heteroatoms. The number of likely N-dealkylation sites (tertiary alicyclic amines) is 2. The Labute approximate surface area is 339 Å². The van der Waals surface area contributed by atoms with Crippen LogP contribution in [0.5, 0.6) is 11.5 Å². The van der Waals surface area contributed by atoms with Crippen molar-refractivity contribution in [1.82, 2.24) is 25.8 Å². The topological polar surface area (TPSA) is 148 Å². The minimum atomic E-state index is -0.922. The number of ether oxygens (including phenoxy) is 4. The van der Waals surface area contributed by atoms with Crippen molar-refractivity contribution in [3.05, 3.63) is 60.2 Å². The third-order valence-corrected chi connectivity index (χ3v) is 11.1. The normalized spacial score (nSPS) is 25.1. The van der Waals surface area contributed by atoms with Gasteiger partial charge in [0.25, 0.3) is 0 Å². The van der Waals surface area contributed by atoms with Crippen LogP contribution in [0.3, 0.4) is 0 Å². The molecule has 4 saturated heterocycles. The molecule has 0 aliphatic carbocycles. The molecule has 4 fully saturated rings. The number of rotatable bonds is 14. The van der Waals surface area contributed by atoms with Crippen LogP contribution in [0.25, 0.3) is 0 Å². The van der Waals surface area contributed by atoms with Crippen LogP contribution < -0.4 is 25.4 Å². The first kappa shape index (κ1) is 43.1. The lowest BCUT2D eigenvalue weighted by molar-refractivity contribution is -0.159. The molecule has 2 aromatic carbocycles. The van der Waals surface area contributed by atoms with E-state index in [4.69, 9.17) is 18.9 Å². The van der Waals surface area contributed by atoms with Gasteiger partial charge in [0, 0.05) is 44.2 Å². The Bertz CT molecular complexity index is 1620. The number of benzene rings is 2. The second kappa shape index (κ2) is 18.2. The number of unbranched alkanes of at least 4 members (excludes halogenated alkanes) is 1. The molecule has 58 heavy (non-hydrogen) atoms. The molecule has 0 spiro atoms. The lowest BCUT2D eigenvalue weighted by Crippen LogP contribution is -2.54. The molecule has 4 heterocycles. The average Bonchev–Trinajstić information content (AvgIpc) is 3.93. The van der Waals surface area contributed by atoms with E-state index < -0.39 is 35.2 Å². The van der Waals surface area contributed by atoms with Crippen LogP contribution >= 0.6 is 0 Å². The summed E-state index contributed by atoms with van der Waals surface area (Å²) in [7, 11) is 0. The number of hydrogen-bond acceptors (Lipinski definition) is 10. The number of amides is 3. The zero-order valence-corrected chi connectivity index (χ0v) is 34.4. The number of nitrogens with one attached hydrogen (secondary N) is 3. The third kappa shape index (κ3) is 11.2. The maximum atomic E-state index is 14.4. The minimum Gasteiger partial charge on any atom is -0.487 e. The van der Waals surface area contributed by atoms with Gasteiger partial charge in [0.15, 0.2) is 0 Å². The lowest BCUT2D eigenvalue weighted by Gasteiger charge is -2.33. The molecule has 4 aliphatic rings. The van der Waals surface area contributed by atoms with Gasteiger partial charge in [0.2, 0.25) is 11.8 Å². The molecular formula is C43H59F2N5O8. The fraction of sp³-hybridized carbons (Fsp3) is 0.628. The highest BCUT2D eigenvalue weighted by molar-refractivity contribution is 5.86. The maximum absolute atomic E-state index is 14.4. The van der Waals surface area contributed by atoms with E-state index >= 15 is 0 Å². The number of hydrogen-bond donors (Lipinski definition) is 3. The summed E-state index contributed by atoms with van der Waals surface area (Å²) in [5, 5.41) is 9.74. The number of fused-ring (bicyclic) bond motifs is 2. The van der Waals surface area contributed by atoms with E-state index in [1.165, 1.54) is 24.3 Å². The van der Waals surface area contributed by atoms with Gasteiger partial charge in [0.1, 0.15) is 52.6 Å². The Balaban J connectivity index is 1.14. The van der Waals surface area contributed by atoms with E-state index in [-0.39, 0.29) is 72.7 Å². The molecule has 0 radical (unpaired) electrons. The van der Waals surface area contributed by atoms with Crippen molar-refractivity contribution >= 4 is 23.9 Å². The second-order valence-corrected chi connectivity index (χ2v) is 17.8. The molecule has 0 bridgehead atoms. The Morgan fingerprint density at radius 2 is 1.17 bits per heavy atom. The summed E-state index contributed by atoms with van der Waals surface area (Å²) < 4.78 is 50.9. The van der Waals surface area contributed by atoms with Crippen LogP contribution in [0.2, 0.25) is 0 Å². The molecule has 4 aliphatic heterocycles. The average molecular weight is 812 g/mol. The van der Waals surface area contributed by atoms with Gasteiger partial charge in [-0.2, -0.15) is 0 Å². The molecule has 3 amide bonds. The van der Waals surface area contributed by atoms with E-state index in [1.807, 2.05) is 4.90 Å². The molecule has 0 unspecified atom stereocenters. The Kier molecular flexibility index (Phi) is 13.5. The summed E-state index contributed by atoms with van der Waals surface area (Å²) in [4.78, 5) is 58.7. The number of alkyl carbamates (subject to hydrolysis) is 1. The Morgan fingerprint density at radius 1 is 0.707 bits per heavy atom. The SMILES string of the molecule is CC(C)(C)OC(=O)C[C@@H](CCCC[C@H](NC(=O)OC(C)(C)C)C(=O)N1CC[C@H]2NC[C@H](Oc3ccc(F)cc3)[C@H]21)C(=O)N1CC[C@H]2NC[C@H](Oc3ccc(F)cc3)[C@H]21. The van der Waals surface area contributed by atoms with Crippen molar-refractivity contribution in [2.24, 2.45) is 5.92 Å². The first-order valence-electron chi connectivity index (χ1n) is 20.6. The molecule has 318 valence electrons. The first-order valence-corrected chi connectivity index (χ1v) is 20.6. The quantitative estimate of drug-likeness (QED) is 0.174. The molecule has 3 N–H and O–H groups in total. The van der Waals surface area contributed by atoms with Gasteiger partial charge < -0.3 is 44.7 Å². The van der Waals surface area contributed by atoms with Crippen molar-refractivity contribution in [3.8, 4) is 11.5 Å². The van der Waals surface area contributed by atoms with E-state index in [2.05, 4.69) is 16.0 Å². The first-order chi connectivity index (χ1) is 27.4. The smallest absolute Gasteiger partial charge is 0.408 e. The predicted molar refractivity (Wildman–Crippen MR) is 211 cm³/mol. The van der Waals surface area contributed by atoms with Crippen LogP contribution in [-0.4, -0.2) is 113 Å². The van der Waals surface area contributed by atoms with E-state index in [0.29, 0.717) is 63.4 Å². The second-order valence-electron chi connectivity index (χ2n) is 17.8. The standard InChI is InChI=1S/C43H59F2N5O8/c1-42(2,3)57-36(51)23-26(39(52)49-21-19-31-37(49)34(24-46-31)55-29-15-11-27(44)12-16-29)9-7-8-10-33(48-41(54)58-43(4,5)6)40(53)50-22-20-32-38(50)35(25-47-32)56-30-17-13-28(45)14-18-30/h11-18,26,31-35,37-38,46-47H,7-10,19-25H2,1-6H3,(H,48,54)/t26-,31-,32-,33+,34+,35+,37+,38+/m1/s1. The number of carbonyl (C=O) groups excluding carboxylic acids is 4. The van der Waals surface area contributed by atoms with Crippen molar-refractivity contribution < 1.29 is 46.9 Å². The van der Waals surface area contributed by atoms with Gasteiger partial charge in [-0.3, -0.25) is 14.4 Å². The highest BCUT2D eigenvalue weighted by atomic mass is 19.1. The Hall–Kier alpha value is -4.50. The number of carbonyl (C=O) groups is 4. The largest absolute Gasteiger partial charge is 0.487 e. The van der Waals surface area contributed by atoms with Crippen LogP contribution in [0.1, 0.15) is 86.5 Å². The molecule has 6 rings (SSSR count). The highest BCUT2D eigenvalue weighted by Gasteiger charge is 2.50. The monoisotopic (exact) mass is 811 g/mol. The van der Waals surface area contributed by atoms with Crippen molar-refractivity contribution in [2.75, 3.05) is 26.2 Å². The molecule has 13 nitrogen and oxygen atoms in total. The van der Waals surface area contributed by atoms with Gasteiger partial charge >= 0.3 is 12.1 Å². The van der Waals surface area contributed by atoms with E-state index in [0.717, 1.165) is 6.42 Å². The summed E-state index contributed by atoms with van der Waals surface area (Å²) in [6.07, 6.45) is 1.42. The van der Waals surface area contributed by atoms with Gasteiger partial charge in [-0.15, -0.1) is 0 Å². The van der Waals surface area contributed by atoms with Crippen LogP contribution in [0.15, 0.2) is 48.5 Å². The minimum absolute atomic E-state index is 0.00265. The summed E-state index contributed by atoms with van der Waals surface area (Å²) in [5.74, 6) is -1.34. The lowest BCUT2D eigenvalue weighted by atomic mass is 9.94.